The van der Waals surface area contributed by atoms with E-state index in [1.165, 1.54) is 11.3 Å². The average Bonchev–Trinajstić information content (AvgIpc) is 3.08. The second-order valence-corrected chi connectivity index (χ2v) is 7.66. The molecule has 26 heavy (non-hydrogen) atoms. The van der Waals surface area contributed by atoms with E-state index in [-0.39, 0.29) is 0 Å². The van der Waals surface area contributed by atoms with Crippen molar-refractivity contribution in [1.82, 2.24) is 14.8 Å². The van der Waals surface area contributed by atoms with Gasteiger partial charge in [-0.15, -0.1) is 21.5 Å². The number of fused-ring (bicyclic) bond motifs is 2. The third kappa shape index (κ3) is 2.96. The van der Waals surface area contributed by atoms with E-state index in [0.29, 0.717) is 15.8 Å². The van der Waals surface area contributed by atoms with Gasteiger partial charge in [0.05, 0.1) is 11.1 Å². The Morgan fingerprint density at radius 3 is 2.96 bits per heavy atom. The van der Waals surface area contributed by atoms with Crippen LogP contribution in [0.1, 0.15) is 36.8 Å². The molecule has 1 aromatic carbocycles. The van der Waals surface area contributed by atoms with Gasteiger partial charge in [-0.05, 0) is 18.9 Å². The molecule has 4 rings (SSSR count). The molecule has 1 atom stereocenters. The SMILES string of the molecule is N#CC(C(=O)Nc1sc2ccccc2c1Cl)c1nnc2n1CCCCC2. The van der Waals surface area contributed by atoms with Crippen molar-refractivity contribution in [3.8, 4) is 6.07 Å². The van der Waals surface area contributed by atoms with Crippen LogP contribution in [-0.2, 0) is 17.8 Å². The highest BCUT2D eigenvalue weighted by atomic mass is 35.5. The van der Waals surface area contributed by atoms with Gasteiger partial charge in [-0.1, -0.05) is 36.2 Å². The lowest BCUT2D eigenvalue weighted by molar-refractivity contribution is -0.116. The molecule has 1 amide bonds. The Balaban J connectivity index is 1.63. The minimum Gasteiger partial charge on any atom is -0.315 e. The molecule has 2 aromatic heterocycles. The fraction of sp³-hybridized carbons (Fsp3) is 0.333. The van der Waals surface area contributed by atoms with Crippen LogP contribution in [0.25, 0.3) is 10.1 Å². The molecule has 1 aliphatic heterocycles. The number of nitriles is 1. The average molecular weight is 386 g/mol. The molecule has 6 nitrogen and oxygen atoms in total. The highest BCUT2D eigenvalue weighted by Crippen LogP contribution is 2.39. The number of hydrogen-bond acceptors (Lipinski definition) is 5. The largest absolute Gasteiger partial charge is 0.315 e. The molecule has 0 radical (unpaired) electrons. The van der Waals surface area contributed by atoms with Crippen LogP contribution in [0.15, 0.2) is 24.3 Å². The molecular formula is C18H16ClN5OS. The number of aromatic nitrogens is 3. The van der Waals surface area contributed by atoms with Crippen molar-refractivity contribution in [1.29, 1.82) is 5.26 Å². The predicted octanol–water partition coefficient (Wildman–Crippen LogP) is 4.12. The number of thiophene rings is 1. The van der Waals surface area contributed by atoms with Crippen molar-refractivity contribution in [3.05, 3.63) is 40.9 Å². The zero-order valence-electron chi connectivity index (χ0n) is 13.9. The molecule has 3 heterocycles. The summed E-state index contributed by atoms with van der Waals surface area (Å²) in [5, 5.41) is 22.7. The maximum atomic E-state index is 12.8. The topological polar surface area (TPSA) is 83.6 Å². The Labute approximate surface area is 159 Å². The van der Waals surface area contributed by atoms with E-state index < -0.39 is 11.8 Å². The zero-order valence-corrected chi connectivity index (χ0v) is 15.5. The molecule has 0 bridgehead atoms. The molecular weight excluding hydrogens is 370 g/mol. The molecule has 3 aromatic rings. The van der Waals surface area contributed by atoms with E-state index in [1.54, 1.807) is 0 Å². The fourth-order valence-electron chi connectivity index (χ4n) is 3.23. The molecule has 0 saturated carbocycles. The number of aryl methyl sites for hydroxylation is 1. The summed E-state index contributed by atoms with van der Waals surface area (Å²) in [5.41, 5.74) is 0. The smallest absolute Gasteiger partial charge is 0.250 e. The standard InChI is InChI=1S/C18H16ClN5OS/c19-15-11-6-3-4-7-13(11)26-18(15)21-17(25)12(10-20)16-23-22-14-8-2-1-5-9-24(14)16/h3-4,6-7,12H,1-2,5,8-9H2,(H,21,25). The second-order valence-electron chi connectivity index (χ2n) is 6.23. The van der Waals surface area contributed by atoms with E-state index in [0.717, 1.165) is 48.1 Å². The Morgan fingerprint density at radius 2 is 2.15 bits per heavy atom. The van der Waals surface area contributed by atoms with Crippen LogP contribution in [0.5, 0.6) is 0 Å². The molecule has 132 valence electrons. The van der Waals surface area contributed by atoms with E-state index in [4.69, 9.17) is 11.6 Å². The highest BCUT2D eigenvalue weighted by molar-refractivity contribution is 7.23. The van der Waals surface area contributed by atoms with Crippen molar-refractivity contribution < 1.29 is 4.79 Å². The van der Waals surface area contributed by atoms with Gasteiger partial charge in [0, 0.05) is 23.1 Å². The van der Waals surface area contributed by atoms with Gasteiger partial charge >= 0.3 is 0 Å². The molecule has 1 N–H and O–H groups in total. The summed E-state index contributed by atoms with van der Waals surface area (Å²) in [7, 11) is 0. The van der Waals surface area contributed by atoms with Crippen LogP contribution in [0, 0.1) is 11.3 Å². The third-order valence-electron chi connectivity index (χ3n) is 4.56. The van der Waals surface area contributed by atoms with E-state index in [2.05, 4.69) is 21.6 Å². The van der Waals surface area contributed by atoms with Crippen molar-refractivity contribution in [3.63, 3.8) is 0 Å². The van der Waals surface area contributed by atoms with E-state index in [9.17, 15) is 10.1 Å². The summed E-state index contributed by atoms with van der Waals surface area (Å²) >= 11 is 7.78. The number of anilines is 1. The number of carbonyl (C=O) groups excluding carboxylic acids is 1. The molecule has 1 aliphatic rings. The maximum absolute atomic E-state index is 12.8. The second kappa shape index (κ2) is 7.06. The Hall–Kier alpha value is -2.43. The van der Waals surface area contributed by atoms with Gasteiger partial charge < -0.3 is 9.88 Å². The monoisotopic (exact) mass is 385 g/mol. The fourth-order valence-corrected chi connectivity index (χ4v) is 4.61. The van der Waals surface area contributed by atoms with Crippen LogP contribution >= 0.6 is 22.9 Å². The minimum absolute atomic E-state index is 0.416. The first-order valence-electron chi connectivity index (χ1n) is 8.48. The molecule has 0 saturated heterocycles. The minimum atomic E-state index is -1.02. The first-order chi connectivity index (χ1) is 12.7. The van der Waals surface area contributed by atoms with Gasteiger partial charge in [0.25, 0.3) is 0 Å². The highest BCUT2D eigenvalue weighted by Gasteiger charge is 2.29. The number of halogens is 1. The summed E-state index contributed by atoms with van der Waals surface area (Å²) in [5.74, 6) is -0.180. The number of benzene rings is 1. The Bertz CT molecular complexity index is 1020. The van der Waals surface area contributed by atoms with Crippen LogP contribution in [-0.4, -0.2) is 20.7 Å². The lowest BCUT2D eigenvalue weighted by atomic mass is 10.1. The zero-order chi connectivity index (χ0) is 18.1. The summed E-state index contributed by atoms with van der Waals surface area (Å²) in [6, 6.07) is 9.75. The molecule has 0 fully saturated rings. The van der Waals surface area contributed by atoms with Gasteiger partial charge in [-0.3, -0.25) is 4.79 Å². The van der Waals surface area contributed by atoms with Crippen LogP contribution in [0.3, 0.4) is 0 Å². The van der Waals surface area contributed by atoms with E-state index >= 15 is 0 Å². The van der Waals surface area contributed by atoms with Crippen LogP contribution < -0.4 is 5.32 Å². The number of carbonyl (C=O) groups is 1. The lowest BCUT2D eigenvalue weighted by Gasteiger charge is -2.11. The van der Waals surface area contributed by atoms with Crippen LogP contribution in [0.4, 0.5) is 5.00 Å². The molecule has 0 spiro atoms. The van der Waals surface area contributed by atoms with Crippen LogP contribution in [0.2, 0.25) is 5.02 Å². The van der Waals surface area contributed by atoms with Gasteiger partial charge in [-0.2, -0.15) is 5.26 Å². The summed E-state index contributed by atoms with van der Waals surface area (Å²) in [4.78, 5) is 12.8. The first-order valence-corrected chi connectivity index (χ1v) is 9.68. The van der Waals surface area contributed by atoms with Gasteiger partial charge in [0.15, 0.2) is 11.7 Å². The normalized spacial score (nSPS) is 15.1. The number of amides is 1. The number of rotatable bonds is 3. The molecule has 8 heteroatoms. The number of hydrogen-bond donors (Lipinski definition) is 1. The Kier molecular flexibility index (Phi) is 4.62. The molecule has 1 unspecified atom stereocenters. The third-order valence-corrected chi connectivity index (χ3v) is 6.15. The first kappa shape index (κ1) is 17.0. The van der Waals surface area contributed by atoms with Gasteiger partial charge in [0.2, 0.25) is 5.91 Å². The van der Waals surface area contributed by atoms with Crippen molar-refractivity contribution in [2.24, 2.45) is 0 Å². The van der Waals surface area contributed by atoms with Gasteiger partial charge in [-0.25, -0.2) is 0 Å². The van der Waals surface area contributed by atoms with Crippen molar-refractivity contribution in [2.75, 3.05) is 5.32 Å². The van der Waals surface area contributed by atoms with Crippen molar-refractivity contribution in [2.45, 2.75) is 38.1 Å². The predicted molar refractivity (Wildman–Crippen MR) is 101 cm³/mol. The van der Waals surface area contributed by atoms with Crippen molar-refractivity contribution >= 4 is 43.9 Å². The summed E-state index contributed by atoms with van der Waals surface area (Å²) in [6.07, 6.45) is 4.00. The number of nitrogens with one attached hydrogen (secondary N) is 1. The number of nitrogens with zero attached hydrogens (tertiary/aromatic N) is 4. The lowest BCUT2D eigenvalue weighted by Crippen LogP contribution is -2.23. The molecule has 0 aliphatic carbocycles. The van der Waals surface area contributed by atoms with Gasteiger partial charge in [0.1, 0.15) is 10.8 Å². The van der Waals surface area contributed by atoms with E-state index in [1.807, 2.05) is 28.8 Å². The summed E-state index contributed by atoms with van der Waals surface area (Å²) in [6.45, 7) is 0.743. The quantitative estimate of drug-likeness (QED) is 0.735. The summed E-state index contributed by atoms with van der Waals surface area (Å²) < 4.78 is 2.91. The Morgan fingerprint density at radius 1 is 1.31 bits per heavy atom. The maximum Gasteiger partial charge on any atom is 0.250 e.